The van der Waals surface area contributed by atoms with Gasteiger partial charge in [0, 0.05) is 17.1 Å². The standard InChI is InChI=1S/C17H15Br2N3O5S2/c1-9(23)22-29(25,26)12-5-3-11(4-6-12)20-17(28)21-16(24)13-7-10(18)8-14(19)15(13)27-2/h3-8H,1-2H3,(H,22,23)(H2,20,21,24,28). The van der Waals surface area contributed by atoms with Crippen LogP contribution in [0.25, 0.3) is 0 Å². The molecule has 0 radical (unpaired) electrons. The Labute approximate surface area is 189 Å². The highest BCUT2D eigenvalue weighted by Crippen LogP contribution is 2.32. The molecule has 29 heavy (non-hydrogen) atoms. The fourth-order valence-electron chi connectivity index (χ4n) is 2.23. The van der Waals surface area contributed by atoms with Gasteiger partial charge in [-0.1, -0.05) is 15.9 Å². The van der Waals surface area contributed by atoms with Crippen LogP contribution in [0.1, 0.15) is 17.3 Å². The smallest absolute Gasteiger partial charge is 0.264 e. The van der Waals surface area contributed by atoms with Gasteiger partial charge in [0.05, 0.1) is 22.0 Å². The van der Waals surface area contributed by atoms with Gasteiger partial charge in [0.15, 0.2) is 5.11 Å². The number of ether oxygens (including phenoxy) is 1. The minimum Gasteiger partial charge on any atom is -0.495 e. The minimum atomic E-state index is -3.93. The summed E-state index contributed by atoms with van der Waals surface area (Å²) in [5, 5.41) is 5.32. The maximum Gasteiger partial charge on any atom is 0.264 e. The van der Waals surface area contributed by atoms with Crippen molar-refractivity contribution in [3.8, 4) is 5.75 Å². The molecule has 0 unspecified atom stereocenters. The number of amides is 2. The number of methoxy groups -OCH3 is 1. The van der Waals surface area contributed by atoms with E-state index >= 15 is 0 Å². The zero-order chi connectivity index (χ0) is 21.8. The van der Waals surface area contributed by atoms with E-state index in [1.165, 1.54) is 31.4 Å². The predicted molar refractivity (Wildman–Crippen MR) is 120 cm³/mol. The average Bonchev–Trinajstić information content (AvgIpc) is 2.60. The van der Waals surface area contributed by atoms with E-state index in [9.17, 15) is 18.0 Å². The Hall–Kier alpha value is -2.02. The molecular weight excluding hydrogens is 550 g/mol. The molecule has 2 aromatic rings. The molecule has 0 bridgehead atoms. The first-order valence-electron chi connectivity index (χ1n) is 7.82. The Morgan fingerprint density at radius 2 is 1.72 bits per heavy atom. The van der Waals surface area contributed by atoms with Crippen LogP contribution in [0, 0.1) is 0 Å². The summed E-state index contributed by atoms with van der Waals surface area (Å²) in [6.45, 7) is 1.10. The molecule has 0 saturated heterocycles. The van der Waals surface area contributed by atoms with E-state index in [0.717, 1.165) is 6.92 Å². The molecule has 2 aromatic carbocycles. The fraction of sp³-hybridized carbons (Fsp3) is 0.118. The maximum atomic E-state index is 12.5. The molecule has 0 saturated carbocycles. The van der Waals surface area contributed by atoms with E-state index in [1.54, 1.807) is 12.1 Å². The van der Waals surface area contributed by atoms with Crippen molar-refractivity contribution in [1.29, 1.82) is 0 Å². The van der Waals surface area contributed by atoms with Crippen LogP contribution in [0.4, 0.5) is 5.69 Å². The molecule has 0 atom stereocenters. The average molecular weight is 565 g/mol. The van der Waals surface area contributed by atoms with Crippen molar-refractivity contribution in [1.82, 2.24) is 10.0 Å². The number of anilines is 1. The summed E-state index contributed by atoms with van der Waals surface area (Å²) in [7, 11) is -2.49. The van der Waals surface area contributed by atoms with Crippen molar-refractivity contribution in [2.45, 2.75) is 11.8 Å². The van der Waals surface area contributed by atoms with E-state index in [0.29, 0.717) is 20.4 Å². The van der Waals surface area contributed by atoms with Crippen molar-refractivity contribution in [3.63, 3.8) is 0 Å². The van der Waals surface area contributed by atoms with E-state index in [4.69, 9.17) is 17.0 Å². The third-order valence-corrected chi connectivity index (χ3v) is 6.08. The molecule has 0 aliphatic rings. The van der Waals surface area contributed by atoms with Gasteiger partial charge in [0.2, 0.25) is 5.91 Å². The summed E-state index contributed by atoms with van der Waals surface area (Å²) in [5.74, 6) is -0.835. The number of thiocarbonyl (C=S) groups is 1. The molecule has 0 aliphatic heterocycles. The number of benzene rings is 2. The third-order valence-electron chi connectivity index (χ3n) is 3.38. The summed E-state index contributed by atoms with van der Waals surface area (Å²) in [5.41, 5.74) is 0.703. The molecule has 8 nitrogen and oxygen atoms in total. The maximum absolute atomic E-state index is 12.5. The number of rotatable bonds is 5. The zero-order valence-corrected chi connectivity index (χ0v) is 19.9. The van der Waals surface area contributed by atoms with E-state index in [2.05, 4.69) is 42.5 Å². The quantitative estimate of drug-likeness (QED) is 0.478. The van der Waals surface area contributed by atoms with Gasteiger partial charge in [0.25, 0.3) is 15.9 Å². The number of nitrogens with one attached hydrogen (secondary N) is 3. The highest BCUT2D eigenvalue weighted by atomic mass is 79.9. The molecule has 3 N–H and O–H groups in total. The third kappa shape index (κ3) is 6.23. The summed E-state index contributed by atoms with van der Waals surface area (Å²) < 4.78 is 32.3. The molecule has 0 aromatic heterocycles. The zero-order valence-electron chi connectivity index (χ0n) is 15.1. The van der Waals surface area contributed by atoms with Crippen LogP contribution in [0.2, 0.25) is 0 Å². The first-order chi connectivity index (χ1) is 13.5. The lowest BCUT2D eigenvalue weighted by molar-refractivity contribution is -0.117. The molecule has 2 rings (SSSR count). The SMILES string of the molecule is COc1c(Br)cc(Br)cc1C(=O)NC(=S)Nc1ccc(S(=O)(=O)NC(C)=O)cc1. The monoisotopic (exact) mass is 563 g/mol. The number of hydrogen-bond donors (Lipinski definition) is 3. The van der Waals surface area contributed by atoms with Gasteiger partial charge in [-0.15, -0.1) is 0 Å². The number of sulfonamides is 1. The lowest BCUT2D eigenvalue weighted by Gasteiger charge is -2.13. The Morgan fingerprint density at radius 1 is 1.10 bits per heavy atom. The van der Waals surface area contributed by atoms with Crippen LogP contribution in [-0.2, 0) is 14.8 Å². The van der Waals surface area contributed by atoms with Crippen molar-refractivity contribution < 1.29 is 22.7 Å². The highest BCUT2D eigenvalue weighted by Gasteiger charge is 2.18. The van der Waals surface area contributed by atoms with Gasteiger partial charge in [-0.05, 0) is 64.5 Å². The lowest BCUT2D eigenvalue weighted by atomic mass is 10.2. The Kier molecular flexibility index (Phi) is 7.74. The molecule has 154 valence electrons. The fourth-order valence-corrected chi connectivity index (χ4v) is 4.82. The van der Waals surface area contributed by atoms with Crippen molar-refractivity contribution in [2.24, 2.45) is 0 Å². The Bertz CT molecular complexity index is 1070. The second kappa shape index (κ2) is 9.65. The summed E-state index contributed by atoms with van der Waals surface area (Å²) >= 11 is 11.8. The van der Waals surface area contributed by atoms with Gasteiger partial charge in [-0.2, -0.15) is 0 Å². The summed E-state index contributed by atoms with van der Waals surface area (Å²) in [6.07, 6.45) is 0. The van der Waals surface area contributed by atoms with E-state index in [-0.39, 0.29) is 15.6 Å². The molecule has 0 aliphatic carbocycles. The number of halogens is 2. The minimum absolute atomic E-state index is 0.00520. The predicted octanol–water partition coefficient (Wildman–Crippen LogP) is 3.17. The normalized spacial score (nSPS) is 10.8. The van der Waals surface area contributed by atoms with Crippen LogP contribution >= 0.6 is 44.1 Å². The molecule has 2 amide bonds. The van der Waals surface area contributed by atoms with Crippen LogP contribution in [-0.4, -0.2) is 32.5 Å². The number of carbonyl (C=O) groups is 2. The molecule has 12 heteroatoms. The van der Waals surface area contributed by atoms with Crippen LogP contribution in [0.3, 0.4) is 0 Å². The highest BCUT2D eigenvalue weighted by molar-refractivity contribution is 9.11. The van der Waals surface area contributed by atoms with Crippen molar-refractivity contribution in [3.05, 3.63) is 50.9 Å². The lowest BCUT2D eigenvalue weighted by Crippen LogP contribution is -2.34. The second-order valence-electron chi connectivity index (χ2n) is 5.56. The first-order valence-corrected chi connectivity index (χ1v) is 11.3. The van der Waals surface area contributed by atoms with Gasteiger partial charge >= 0.3 is 0 Å². The van der Waals surface area contributed by atoms with Crippen LogP contribution in [0.15, 0.2) is 50.2 Å². The second-order valence-corrected chi connectivity index (χ2v) is 9.42. The van der Waals surface area contributed by atoms with Gasteiger partial charge in [-0.25, -0.2) is 13.1 Å². The van der Waals surface area contributed by atoms with Crippen molar-refractivity contribution in [2.75, 3.05) is 12.4 Å². The van der Waals surface area contributed by atoms with E-state index < -0.39 is 21.8 Å². The van der Waals surface area contributed by atoms with Gasteiger partial charge in [0.1, 0.15) is 5.75 Å². The van der Waals surface area contributed by atoms with Crippen molar-refractivity contribution >= 4 is 76.7 Å². The largest absolute Gasteiger partial charge is 0.495 e. The Balaban J connectivity index is 2.10. The van der Waals surface area contributed by atoms with Crippen LogP contribution in [0.5, 0.6) is 5.75 Å². The van der Waals surface area contributed by atoms with Gasteiger partial charge < -0.3 is 10.1 Å². The van der Waals surface area contributed by atoms with E-state index in [1.807, 2.05) is 4.72 Å². The molecule has 0 fully saturated rings. The summed E-state index contributed by atoms with van der Waals surface area (Å²) in [4.78, 5) is 23.4. The Morgan fingerprint density at radius 3 is 2.28 bits per heavy atom. The number of hydrogen-bond acceptors (Lipinski definition) is 6. The van der Waals surface area contributed by atoms with Crippen LogP contribution < -0.4 is 20.1 Å². The number of carbonyl (C=O) groups excluding carboxylic acids is 2. The molecular formula is C17H15Br2N3O5S2. The van der Waals surface area contributed by atoms with Gasteiger partial charge in [-0.3, -0.25) is 14.9 Å². The molecule has 0 spiro atoms. The topological polar surface area (TPSA) is 114 Å². The molecule has 0 heterocycles. The first kappa shape index (κ1) is 23.3. The summed E-state index contributed by atoms with van der Waals surface area (Å²) in [6, 6.07) is 8.82.